The van der Waals surface area contributed by atoms with Gasteiger partial charge >= 0.3 is 0 Å². The Hall–Kier alpha value is -2.21. The Morgan fingerprint density at radius 3 is 2.71 bits per heavy atom. The number of hydrogen-bond acceptors (Lipinski definition) is 4. The molecule has 1 saturated heterocycles. The number of hydrogen-bond donors (Lipinski definition) is 2. The van der Waals surface area contributed by atoms with E-state index in [1.54, 1.807) is 6.20 Å². The summed E-state index contributed by atoms with van der Waals surface area (Å²) in [6.07, 6.45) is 4.81. The zero-order chi connectivity index (χ0) is 16.9. The number of nitrogens with zero attached hydrogens (tertiary/aromatic N) is 3. The normalized spacial score (nSPS) is 16.8. The second kappa shape index (κ2) is 7.57. The minimum Gasteiger partial charge on any atom is -0.344 e. The molecular formula is C18H25N5O. The first-order chi connectivity index (χ1) is 11.7. The number of nitrogens with one attached hydrogen (secondary N) is 2. The number of rotatable bonds is 5. The summed E-state index contributed by atoms with van der Waals surface area (Å²) in [5.41, 5.74) is 2.76. The molecule has 1 aliphatic heterocycles. The molecule has 1 atom stereocenters. The lowest BCUT2D eigenvalue weighted by Gasteiger charge is -2.22. The molecule has 6 nitrogen and oxygen atoms in total. The number of carbonyl (C=O) groups is 1. The van der Waals surface area contributed by atoms with Gasteiger partial charge in [0.05, 0.1) is 18.3 Å². The third-order valence-corrected chi connectivity index (χ3v) is 4.66. The molecule has 6 heteroatoms. The van der Waals surface area contributed by atoms with E-state index >= 15 is 0 Å². The fourth-order valence-corrected chi connectivity index (χ4v) is 3.03. The van der Waals surface area contributed by atoms with Crippen LogP contribution in [0.1, 0.15) is 60.4 Å². The third-order valence-electron chi connectivity index (χ3n) is 4.66. The van der Waals surface area contributed by atoms with Crippen molar-refractivity contribution in [2.24, 2.45) is 0 Å². The topological polar surface area (TPSA) is 71.8 Å². The van der Waals surface area contributed by atoms with E-state index in [0.717, 1.165) is 37.9 Å². The minimum atomic E-state index is -0.178. The number of aryl methyl sites for hydroxylation is 1. The van der Waals surface area contributed by atoms with Crippen molar-refractivity contribution in [1.29, 1.82) is 0 Å². The summed E-state index contributed by atoms with van der Waals surface area (Å²) >= 11 is 0. The molecule has 1 fully saturated rings. The molecule has 1 amide bonds. The van der Waals surface area contributed by atoms with E-state index in [1.807, 2.05) is 11.6 Å². The first kappa shape index (κ1) is 16.6. The molecule has 1 unspecified atom stereocenters. The summed E-state index contributed by atoms with van der Waals surface area (Å²) in [4.78, 5) is 12.4. The van der Waals surface area contributed by atoms with Crippen LogP contribution in [0.15, 0.2) is 30.5 Å². The van der Waals surface area contributed by atoms with Crippen LogP contribution in [0.2, 0.25) is 0 Å². The lowest BCUT2D eigenvalue weighted by molar-refractivity contribution is 0.0934. The van der Waals surface area contributed by atoms with Gasteiger partial charge in [-0.2, -0.15) is 0 Å². The van der Waals surface area contributed by atoms with Crippen LogP contribution in [0, 0.1) is 0 Å². The summed E-state index contributed by atoms with van der Waals surface area (Å²) in [5, 5.41) is 14.5. The fraction of sp³-hybridized carbons (Fsp3) is 0.500. The summed E-state index contributed by atoms with van der Waals surface area (Å²) in [7, 11) is 0. The van der Waals surface area contributed by atoms with Gasteiger partial charge in [0.1, 0.15) is 0 Å². The van der Waals surface area contributed by atoms with Gasteiger partial charge in [-0.3, -0.25) is 4.79 Å². The van der Waals surface area contributed by atoms with Crippen molar-refractivity contribution >= 4 is 5.91 Å². The standard InChI is InChI=1S/C18H25N5O/c1-3-14-4-6-15(7-5-14)13(2)20-18(24)17-12-23(22-21-17)16-8-10-19-11-9-16/h4-7,12-13,16,19H,3,8-11H2,1-2H3,(H,20,24). The van der Waals surface area contributed by atoms with Crippen LogP contribution in [-0.4, -0.2) is 34.0 Å². The van der Waals surface area contributed by atoms with E-state index in [-0.39, 0.29) is 11.9 Å². The SMILES string of the molecule is CCc1ccc(C(C)NC(=O)c2cn(C3CCNCC3)nn2)cc1. The molecule has 1 aromatic carbocycles. The fourth-order valence-electron chi connectivity index (χ4n) is 3.03. The van der Waals surface area contributed by atoms with E-state index in [0.29, 0.717) is 11.7 Å². The van der Waals surface area contributed by atoms with Crippen LogP contribution in [-0.2, 0) is 6.42 Å². The Balaban J connectivity index is 1.62. The molecular weight excluding hydrogens is 302 g/mol. The molecule has 128 valence electrons. The summed E-state index contributed by atoms with van der Waals surface area (Å²) in [5.74, 6) is -0.178. The molecule has 1 aliphatic rings. The number of benzene rings is 1. The second-order valence-corrected chi connectivity index (χ2v) is 6.36. The lowest BCUT2D eigenvalue weighted by atomic mass is 10.0. The maximum Gasteiger partial charge on any atom is 0.273 e. The molecule has 0 bridgehead atoms. The molecule has 1 aromatic heterocycles. The zero-order valence-electron chi connectivity index (χ0n) is 14.3. The highest BCUT2D eigenvalue weighted by Crippen LogP contribution is 2.18. The maximum absolute atomic E-state index is 12.4. The number of amides is 1. The lowest BCUT2D eigenvalue weighted by Crippen LogP contribution is -2.29. The van der Waals surface area contributed by atoms with E-state index in [2.05, 4.69) is 52.1 Å². The van der Waals surface area contributed by atoms with Crippen molar-refractivity contribution in [3.8, 4) is 0 Å². The van der Waals surface area contributed by atoms with Gasteiger partial charge in [0.25, 0.3) is 5.91 Å². The van der Waals surface area contributed by atoms with Crippen molar-refractivity contribution in [2.45, 2.75) is 45.2 Å². The Morgan fingerprint density at radius 2 is 2.04 bits per heavy atom. The number of aromatic nitrogens is 3. The molecule has 2 heterocycles. The monoisotopic (exact) mass is 327 g/mol. The van der Waals surface area contributed by atoms with Crippen molar-refractivity contribution < 1.29 is 4.79 Å². The quantitative estimate of drug-likeness (QED) is 0.883. The van der Waals surface area contributed by atoms with Crippen LogP contribution in [0.3, 0.4) is 0 Å². The average Bonchev–Trinajstić information content (AvgIpc) is 3.13. The highest BCUT2D eigenvalue weighted by molar-refractivity contribution is 5.92. The Kier molecular flexibility index (Phi) is 5.25. The van der Waals surface area contributed by atoms with E-state index in [4.69, 9.17) is 0 Å². The predicted molar refractivity (Wildman–Crippen MR) is 92.9 cm³/mol. The molecule has 2 aromatic rings. The van der Waals surface area contributed by atoms with Gasteiger partial charge in [-0.1, -0.05) is 36.4 Å². The van der Waals surface area contributed by atoms with Crippen molar-refractivity contribution in [1.82, 2.24) is 25.6 Å². The molecule has 0 saturated carbocycles. The van der Waals surface area contributed by atoms with Crippen molar-refractivity contribution in [2.75, 3.05) is 13.1 Å². The van der Waals surface area contributed by atoms with Gasteiger partial charge < -0.3 is 10.6 Å². The molecule has 0 radical (unpaired) electrons. The molecule has 3 rings (SSSR count). The Labute approximate surface area is 142 Å². The predicted octanol–water partition coefficient (Wildman–Crippen LogP) is 2.26. The molecule has 2 N–H and O–H groups in total. The Bertz CT molecular complexity index is 673. The third kappa shape index (κ3) is 3.82. The summed E-state index contributed by atoms with van der Waals surface area (Å²) < 4.78 is 1.83. The first-order valence-corrected chi connectivity index (χ1v) is 8.69. The van der Waals surface area contributed by atoms with Crippen LogP contribution < -0.4 is 10.6 Å². The van der Waals surface area contributed by atoms with Gasteiger partial charge in [0.15, 0.2) is 5.69 Å². The van der Waals surface area contributed by atoms with Crippen LogP contribution >= 0.6 is 0 Å². The van der Waals surface area contributed by atoms with Crippen LogP contribution in [0.25, 0.3) is 0 Å². The second-order valence-electron chi connectivity index (χ2n) is 6.36. The molecule has 0 spiro atoms. The Morgan fingerprint density at radius 1 is 1.33 bits per heavy atom. The van der Waals surface area contributed by atoms with Crippen molar-refractivity contribution in [3.05, 3.63) is 47.3 Å². The van der Waals surface area contributed by atoms with Gasteiger partial charge in [0.2, 0.25) is 0 Å². The van der Waals surface area contributed by atoms with E-state index in [9.17, 15) is 4.79 Å². The van der Waals surface area contributed by atoms with Gasteiger partial charge in [-0.25, -0.2) is 4.68 Å². The van der Waals surface area contributed by atoms with Crippen LogP contribution in [0.4, 0.5) is 0 Å². The van der Waals surface area contributed by atoms with Gasteiger partial charge in [-0.15, -0.1) is 5.10 Å². The van der Waals surface area contributed by atoms with Gasteiger partial charge in [0, 0.05) is 0 Å². The highest BCUT2D eigenvalue weighted by atomic mass is 16.2. The average molecular weight is 327 g/mol. The largest absolute Gasteiger partial charge is 0.344 e. The molecule has 24 heavy (non-hydrogen) atoms. The smallest absolute Gasteiger partial charge is 0.273 e. The highest BCUT2D eigenvalue weighted by Gasteiger charge is 2.19. The minimum absolute atomic E-state index is 0.0626. The maximum atomic E-state index is 12.4. The van der Waals surface area contributed by atoms with E-state index in [1.165, 1.54) is 5.56 Å². The summed E-state index contributed by atoms with van der Waals surface area (Å²) in [6, 6.07) is 8.61. The zero-order valence-corrected chi connectivity index (χ0v) is 14.3. The molecule has 0 aliphatic carbocycles. The van der Waals surface area contributed by atoms with Gasteiger partial charge in [-0.05, 0) is 50.4 Å². The summed E-state index contributed by atoms with van der Waals surface area (Å²) in [6.45, 7) is 6.08. The van der Waals surface area contributed by atoms with Crippen LogP contribution in [0.5, 0.6) is 0 Å². The number of piperidine rings is 1. The van der Waals surface area contributed by atoms with Crippen molar-refractivity contribution in [3.63, 3.8) is 0 Å². The van der Waals surface area contributed by atoms with E-state index < -0.39 is 0 Å². The number of carbonyl (C=O) groups excluding carboxylic acids is 1. The first-order valence-electron chi connectivity index (χ1n) is 8.69.